The highest BCUT2D eigenvalue weighted by atomic mass is 14.7. The first-order valence-corrected chi connectivity index (χ1v) is 6.37. The number of H-pyrrole nitrogens is 1. The minimum absolute atomic E-state index is 0.270. The summed E-state index contributed by atoms with van der Waals surface area (Å²) in [4.78, 5) is 3.33. The van der Waals surface area contributed by atoms with Crippen LogP contribution in [0.2, 0.25) is 0 Å². The maximum atomic E-state index is 5.75. The molecule has 2 aromatic rings. The lowest BCUT2D eigenvalue weighted by Crippen LogP contribution is -2.23. The maximum absolute atomic E-state index is 5.75. The van der Waals surface area contributed by atoms with Crippen molar-refractivity contribution in [2.45, 2.75) is 33.1 Å². The molecule has 0 unspecified atom stereocenters. The molecule has 2 nitrogen and oxygen atoms in total. The monoisotopic (exact) mass is 230 g/mol. The molecule has 2 rings (SSSR count). The average Bonchev–Trinajstić information content (AvgIpc) is 2.73. The predicted octanol–water partition coefficient (Wildman–Crippen LogP) is 3.48. The SMILES string of the molecule is CC(C)(CN)CCCc1c[nH]c2ccccc12. The number of aromatic amines is 1. The smallest absolute Gasteiger partial charge is 0.0456 e. The molecule has 17 heavy (non-hydrogen) atoms. The molecule has 0 amide bonds. The summed E-state index contributed by atoms with van der Waals surface area (Å²) < 4.78 is 0. The Hall–Kier alpha value is -1.28. The van der Waals surface area contributed by atoms with Gasteiger partial charge in [0, 0.05) is 17.1 Å². The van der Waals surface area contributed by atoms with Crippen molar-refractivity contribution < 1.29 is 0 Å². The second kappa shape index (κ2) is 4.92. The Morgan fingerprint density at radius 1 is 1.24 bits per heavy atom. The molecule has 0 aliphatic heterocycles. The van der Waals surface area contributed by atoms with Crippen LogP contribution in [0.4, 0.5) is 0 Å². The van der Waals surface area contributed by atoms with Gasteiger partial charge in [0.2, 0.25) is 0 Å². The minimum atomic E-state index is 0.270. The van der Waals surface area contributed by atoms with Crippen molar-refractivity contribution in [3.63, 3.8) is 0 Å². The molecule has 3 N–H and O–H groups in total. The summed E-state index contributed by atoms with van der Waals surface area (Å²) in [7, 11) is 0. The molecule has 1 heterocycles. The van der Waals surface area contributed by atoms with E-state index in [9.17, 15) is 0 Å². The van der Waals surface area contributed by atoms with Crippen molar-refractivity contribution in [2.24, 2.45) is 11.1 Å². The number of rotatable bonds is 5. The Labute approximate surface area is 103 Å². The number of hydrogen-bond acceptors (Lipinski definition) is 1. The van der Waals surface area contributed by atoms with Gasteiger partial charge in [-0.2, -0.15) is 0 Å². The number of aromatic nitrogens is 1. The van der Waals surface area contributed by atoms with Gasteiger partial charge in [0.05, 0.1) is 0 Å². The number of benzene rings is 1. The van der Waals surface area contributed by atoms with E-state index in [2.05, 4.69) is 49.3 Å². The third-order valence-electron chi connectivity index (χ3n) is 3.53. The summed E-state index contributed by atoms with van der Waals surface area (Å²) in [6.45, 7) is 5.24. The molecule has 92 valence electrons. The van der Waals surface area contributed by atoms with Gasteiger partial charge < -0.3 is 10.7 Å². The van der Waals surface area contributed by atoms with Crippen LogP contribution in [0.1, 0.15) is 32.3 Å². The Morgan fingerprint density at radius 3 is 2.76 bits per heavy atom. The number of nitrogens with two attached hydrogens (primary N) is 1. The van der Waals surface area contributed by atoms with E-state index in [-0.39, 0.29) is 5.41 Å². The zero-order valence-electron chi connectivity index (χ0n) is 10.8. The fraction of sp³-hybridized carbons (Fsp3) is 0.467. The van der Waals surface area contributed by atoms with Crippen molar-refractivity contribution in [2.75, 3.05) is 6.54 Å². The zero-order chi connectivity index (χ0) is 12.3. The van der Waals surface area contributed by atoms with Crippen molar-refractivity contribution in [3.05, 3.63) is 36.0 Å². The van der Waals surface area contributed by atoms with E-state index in [0.29, 0.717) is 0 Å². The lowest BCUT2D eigenvalue weighted by molar-refractivity contribution is 0.337. The van der Waals surface area contributed by atoms with Crippen molar-refractivity contribution in [1.82, 2.24) is 4.98 Å². The van der Waals surface area contributed by atoms with Gasteiger partial charge in [0.1, 0.15) is 0 Å². The van der Waals surface area contributed by atoms with Crippen molar-refractivity contribution >= 4 is 10.9 Å². The normalized spacial score (nSPS) is 12.2. The molecule has 1 aromatic heterocycles. The van der Waals surface area contributed by atoms with Crippen LogP contribution in [-0.2, 0) is 6.42 Å². The van der Waals surface area contributed by atoms with Crippen LogP contribution < -0.4 is 5.73 Å². The molecular weight excluding hydrogens is 208 g/mol. The van der Waals surface area contributed by atoms with Gasteiger partial charge >= 0.3 is 0 Å². The minimum Gasteiger partial charge on any atom is -0.361 e. The summed E-state index contributed by atoms with van der Waals surface area (Å²) in [6.07, 6.45) is 5.66. The first-order chi connectivity index (χ1) is 8.12. The number of para-hydroxylation sites is 1. The molecule has 0 aliphatic rings. The van der Waals surface area contributed by atoms with Gasteiger partial charge in [-0.3, -0.25) is 0 Å². The summed E-state index contributed by atoms with van der Waals surface area (Å²) in [5.74, 6) is 0. The molecule has 0 atom stereocenters. The van der Waals surface area contributed by atoms with Crippen LogP contribution in [0.3, 0.4) is 0 Å². The molecule has 0 bridgehead atoms. The van der Waals surface area contributed by atoms with Gasteiger partial charge in [-0.25, -0.2) is 0 Å². The Kier molecular flexibility index (Phi) is 3.53. The third kappa shape index (κ3) is 2.89. The van der Waals surface area contributed by atoms with Gasteiger partial charge in [-0.1, -0.05) is 32.0 Å². The van der Waals surface area contributed by atoms with Crippen molar-refractivity contribution in [1.29, 1.82) is 0 Å². The fourth-order valence-electron chi connectivity index (χ4n) is 2.20. The number of aryl methyl sites for hydroxylation is 1. The van der Waals surface area contributed by atoms with E-state index in [1.807, 2.05) is 0 Å². The second-order valence-corrected chi connectivity index (χ2v) is 5.58. The van der Waals surface area contributed by atoms with E-state index in [0.717, 1.165) is 13.0 Å². The Morgan fingerprint density at radius 2 is 2.00 bits per heavy atom. The molecular formula is C15H22N2. The van der Waals surface area contributed by atoms with Crippen LogP contribution in [0.25, 0.3) is 10.9 Å². The number of nitrogens with one attached hydrogen (secondary N) is 1. The van der Waals surface area contributed by atoms with Crippen LogP contribution >= 0.6 is 0 Å². The summed E-state index contributed by atoms with van der Waals surface area (Å²) in [5, 5.41) is 1.36. The highest BCUT2D eigenvalue weighted by molar-refractivity contribution is 5.82. The lowest BCUT2D eigenvalue weighted by Gasteiger charge is -2.21. The standard InChI is InChI=1S/C15H22N2/c1-15(2,11-16)9-5-6-12-10-17-14-8-4-3-7-13(12)14/h3-4,7-8,10,17H,5-6,9,11,16H2,1-2H3. The van der Waals surface area contributed by atoms with E-state index < -0.39 is 0 Å². The fourth-order valence-corrected chi connectivity index (χ4v) is 2.20. The van der Waals surface area contributed by atoms with Crippen LogP contribution in [0.15, 0.2) is 30.5 Å². The number of fused-ring (bicyclic) bond motifs is 1. The van der Waals surface area contributed by atoms with Gasteiger partial charge in [-0.05, 0) is 42.9 Å². The zero-order valence-corrected chi connectivity index (χ0v) is 10.8. The molecule has 0 saturated carbocycles. The topological polar surface area (TPSA) is 41.8 Å². The largest absolute Gasteiger partial charge is 0.361 e. The second-order valence-electron chi connectivity index (χ2n) is 5.58. The van der Waals surface area contributed by atoms with Gasteiger partial charge in [-0.15, -0.1) is 0 Å². The molecule has 0 fully saturated rings. The number of hydrogen-bond donors (Lipinski definition) is 2. The van der Waals surface area contributed by atoms with E-state index in [4.69, 9.17) is 5.73 Å². The third-order valence-corrected chi connectivity index (χ3v) is 3.53. The van der Waals surface area contributed by atoms with Gasteiger partial charge in [0.15, 0.2) is 0 Å². The van der Waals surface area contributed by atoms with E-state index in [1.54, 1.807) is 0 Å². The quantitative estimate of drug-likeness (QED) is 0.811. The first-order valence-electron chi connectivity index (χ1n) is 6.37. The van der Waals surface area contributed by atoms with Crippen molar-refractivity contribution in [3.8, 4) is 0 Å². The maximum Gasteiger partial charge on any atom is 0.0456 e. The van der Waals surface area contributed by atoms with Crippen LogP contribution in [-0.4, -0.2) is 11.5 Å². The van der Waals surface area contributed by atoms with Crippen LogP contribution in [0, 0.1) is 5.41 Å². The predicted molar refractivity (Wildman–Crippen MR) is 74.1 cm³/mol. The summed E-state index contributed by atoms with van der Waals surface area (Å²) in [6, 6.07) is 8.49. The highest BCUT2D eigenvalue weighted by Crippen LogP contribution is 2.24. The Balaban J connectivity index is 2.00. The Bertz CT molecular complexity index is 482. The van der Waals surface area contributed by atoms with E-state index >= 15 is 0 Å². The van der Waals surface area contributed by atoms with Gasteiger partial charge in [0.25, 0.3) is 0 Å². The molecule has 0 spiro atoms. The summed E-state index contributed by atoms with van der Waals surface area (Å²) in [5.41, 5.74) is 8.68. The summed E-state index contributed by atoms with van der Waals surface area (Å²) >= 11 is 0. The van der Waals surface area contributed by atoms with E-state index in [1.165, 1.54) is 29.3 Å². The molecule has 0 saturated heterocycles. The molecule has 0 radical (unpaired) electrons. The molecule has 1 aromatic carbocycles. The first kappa shape index (κ1) is 12.2. The lowest BCUT2D eigenvalue weighted by atomic mass is 9.87. The highest BCUT2D eigenvalue weighted by Gasteiger charge is 2.15. The van der Waals surface area contributed by atoms with Crippen LogP contribution in [0.5, 0.6) is 0 Å². The molecule has 2 heteroatoms. The average molecular weight is 230 g/mol. The molecule has 0 aliphatic carbocycles.